The number of ether oxygens (including phenoxy) is 1. The van der Waals surface area contributed by atoms with Crippen LogP contribution >= 0.6 is 0 Å². The minimum atomic E-state index is -0.355. The van der Waals surface area contributed by atoms with Gasteiger partial charge in [-0.05, 0) is 43.5 Å². The molecule has 0 aliphatic carbocycles. The third-order valence-electron chi connectivity index (χ3n) is 6.31. The molecule has 1 atom stereocenters. The summed E-state index contributed by atoms with van der Waals surface area (Å²) in [5, 5.41) is 4.60. The Kier molecular flexibility index (Phi) is 4.83. The van der Waals surface area contributed by atoms with Crippen LogP contribution < -0.4 is 9.64 Å². The molecule has 0 saturated carbocycles. The first-order valence-electron chi connectivity index (χ1n) is 10.6. The normalized spacial score (nSPS) is 17.9. The molecule has 2 aliphatic heterocycles. The molecule has 166 valence electrons. The van der Waals surface area contributed by atoms with E-state index in [1.165, 1.54) is 12.1 Å². The first-order valence-corrected chi connectivity index (χ1v) is 10.6. The number of benzene rings is 1. The van der Waals surface area contributed by atoms with E-state index in [2.05, 4.69) is 15.0 Å². The average molecular weight is 436 g/mol. The zero-order valence-corrected chi connectivity index (χ0v) is 18.6. The fourth-order valence-electron chi connectivity index (χ4n) is 4.85. The smallest absolute Gasteiger partial charge is 0.254 e. The molecule has 5 rings (SSSR count). The Balaban J connectivity index is 1.79. The van der Waals surface area contributed by atoms with Crippen LogP contribution in [0.4, 0.5) is 10.2 Å². The molecule has 0 N–H and O–H groups in total. The fourth-order valence-corrected chi connectivity index (χ4v) is 4.85. The van der Waals surface area contributed by atoms with Gasteiger partial charge in [-0.15, -0.1) is 0 Å². The van der Waals surface area contributed by atoms with Crippen LogP contribution in [0.1, 0.15) is 46.2 Å². The minimum absolute atomic E-state index is 0.156. The highest BCUT2D eigenvalue weighted by Crippen LogP contribution is 2.41. The second-order valence-corrected chi connectivity index (χ2v) is 8.36. The molecular formula is C23H25FN6O2. The number of anilines is 1. The van der Waals surface area contributed by atoms with E-state index in [1.54, 1.807) is 43.1 Å². The van der Waals surface area contributed by atoms with Gasteiger partial charge in [0.2, 0.25) is 5.88 Å². The van der Waals surface area contributed by atoms with Crippen LogP contribution in [0.3, 0.4) is 0 Å². The molecule has 1 aromatic carbocycles. The van der Waals surface area contributed by atoms with Crippen LogP contribution in [0.5, 0.6) is 5.88 Å². The molecule has 4 heterocycles. The molecule has 0 unspecified atom stereocenters. The summed E-state index contributed by atoms with van der Waals surface area (Å²) < 4.78 is 21.6. The molecule has 3 aromatic rings. The zero-order chi connectivity index (χ0) is 22.6. The van der Waals surface area contributed by atoms with Gasteiger partial charge in [-0.3, -0.25) is 9.78 Å². The fraction of sp³-hybridized carbons (Fsp3) is 0.391. The number of nitrogens with zero attached hydrogens (tertiary/aromatic N) is 6. The topological polar surface area (TPSA) is 76.4 Å². The molecule has 0 spiro atoms. The lowest BCUT2D eigenvalue weighted by Gasteiger charge is -2.30. The van der Waals surface area contributed by atoms with E-state index in [4.69, 9.17) is 9.72 Å². The lowest BCUT2D eigenvalue weighted by Crippen LogP contribution is -2.31. The number of hydrogen-bond donors (Lipinski definition) is 0. The van der Waals surface area contributed by atoms with Gasteiger partial charge in [0, 0.05) is 26.2 Å². The lowest BCUT2D eigenvalue weighted by atomic mass is 9.96. The van der Waals surface area contributed by atoms with E-state index in [0.29, 0.717) is 28.4 Å². The third kappa shape index (κ3) is 3.11. The van der Waals surface area contributed by atoms with Crippen molar-refractivity contribution in [3.05, 3.63) is 52.7 Å². The van der Waals surface area contributed by atoms with Crippen molar-refractivity contribution >= 4 is 11.7 Å². The molecule has 2 aromatic heterocycles. The second kappa shape index (κ2) is 7.58. The molecule has 1 fully saturated rings. The van der Waals surface area contributed by atoms with E-state index in [0.717, 1.165) is 36.5 Å². The van der Waals surface area contributed by atoms with Gasteiger partial charge in [-0.1, -0.05) is 0 Å². The summed E-state index contributed by atoms with van der Waals surface area (Å²) in [6.07, 6.45) is 3.44. The highest BCUT2D eigenvalue weighted by molar-refractivity contribution is 5.96. The lowest BCUT2D eigenvalue weighted by molar-refractivity contribution is 0.0781. The van der Waals surface area contributed by atoms with Gasteiger partial charge in [-0.2, -0.15) is 5.10 Å². The molecule has 1 amide bonds. The number of methoxy groups -OCH3 is 1. The maximum absolute atomic E-state index is 14.3. The van der Waals surface area contributed by atoms with Crippen LogP contribution in [-0.2, 0) is 13.6 Å². The van der Waals surface area contributed by atoms with Crippen LogP contribution in [0.15, 0.2) is 24.4 Å². The maximum atomic E-state index is 14.3. The van der Waals surface area contributed by atoms with E-state index in [-0.39, 0.29) is 24.3 Å². The van der Waals surface area contributed by atoms with Crippen molar-refractivity contribution < 1.29 is 13.9 Å². The van der Waals surface area contributed by atoms with Crippen molar-refractivity contribution in [3.8, 4) is 17.1 Å². The molecule has 0 radical (unpaired) electrons. The quantitative estimate of drug-likeness (QED) is 0.583. The highest BCUT2D eigenvalue weighted by atomic mass is 19.1. The van der Waals surface area contributed by atoms with E-state index in [1.807, 2.05) is 6.92 Å². The Morgan fingerprint density at radius 1 is 1.25 bits per heavy atom. The number of carbonyl (C=O) groups excluding carboxylic acids is 1. The summed E-state index contributed by atoms with van der Waals surface area (Å²) >= 11 is 0. The Hall–Kier alpha value is -3.49. The number of rotatable bonds is 1. The van der Waals surface area contributed by atoms with Crippen LogP contribution in [0.25, 0.3) is 11.3 Å². The van der Waals surface area contributed by atoms with Crippen molar-refractivity contribution in [1.82, 2.24) is 24.6 Å². The number of halogens is 1. The molecule has 2 aliphatic rings. The predicted octanol–water partition coefficient (Wildman–Crippen LogP) is 3.26. The van der Waals surface area contributed by atoms with Crippen molar-refractivity contribution in [1.29, 1.82) is 0 Å². The molecule has 1 saturated heterocycles. The second-order valence-electron chi connectivity index (χ2n) is 8.36. The summed E-state index contributed by atoms with van der Waals surface area (Å²) in [6, 6.07) is 4.26. The van der Waals surface area contributed by atoms with E-state index < -0.39 is 0 Å². The average Bonchev–Trinajstić information content (AvgIpc) is 3.37. The van der Waals surface area contributed by atoms with Gasteiger partial charge in [0.15, 0.2) is 5.82 Å². The third-order valence-corrected chi connectivity index (χ3v) is 6.31. The summed E-state index contributed by atoms with van der Waals surface area (Å²) in [7, 11) is 5.11. The van der Waals surface area contributed by atoms with Crippen molar-refractivity contribution in [3.63, 3.8) is 0 Å². The van der Waals surface area contributed by atoms with E-state index >= 15 is 0 Å². The first-order chi connectivity index (χ1) is 15.4. The number of fused-ring (bicyclic) bond motifs is 8. The number of hydrogen-bond acceptors (Lipinski definition) is 6. The standard InChI is InChI=1S/C23H25FN6O2/c1-13-21-26-17(11-25-13)20-18(27-29(3)23(20)32-4)12-28(2)22(31)15-8-7-14(24)10-16(15)19-6-5-9-30(19)21/h7-8,10-11,19H,5-6,9,12H2,1-4H3/t19-/m1/s1. The Labute approximate surface area is 185 Å². The predicted molar refractivity (Wildman–Crippen MR) is 117 cm³/mol. The number of carbonyl (C=O) groups is 1. The van der Waals surface area contributed by atoms with Gasteiger partial charge in [0.25, 0.3) is 5.91 Å². The Morgan fingerprint density at radius 3 is 2.84 bits per heavy atom. The molecule has 9 heteroatoms. The molecule has 32 heavy (non-hydrogen) atoms. The van der Waals surface area contributed by atoms with Crippen molar-refractivity contribution in [2.45, 2.75) is 32.4 Å². The number of aryl methyl sites for hydroxylation is 2. The number of amides is 1. The minimum Gasteiger partial charge on any atom is -0.481 e. The summed E-state index contributed by atoms with van der Waals surface area (Å²) in [5.74, 6) is 0.766. The molecular weight excluding hydrogens is 411 g/mol. The highest BCUT2D eigenvalue weighted by Gasteiger charge is 2.34. The first kappa shape index (κ1) is 20.4. The summed E-state index contributed by atoms with van der Waals surface area (Å²) in [6.45, 7) is 2.92. The largest absolute Gasteiger partial charge is 0.481 e. The monoisotopic (exact) mass is 436 g/mol. The molecule has 8 nitrogen and oxygen atoms in total. The van der Waals surface area contributed by atoms with Gasteiger partial charge in [0.05, 0.1) is 48.5 Å². The van der Waals surface area contributed by atoms with Crippen molar-refractivity contribution in [2.75, 3.05) is 25.6 Å². The van der Waals surface area contributed by atoms with Gasteiger partial charge in [-0.25, -0.2) is 14.1 Å². The summed E-state index contributed by atoms with van der Waals surface area (Å²) in [5.41, 5.74) is 3.98. The van der Waals surface area contributed by atoms with Gasteiger partial charge >= 0.3 is 0 Å². The van der Waals surface area contributed by atoms with E-state index in [9.17, 15) is 9.18 Å². The zero-order valence-electron chi connectivity index (χ0n) is 18.6. The summed E-state index contributed by atoms with van der Waals surface area (Å²) in [4.78, 5) is 26.8. The van der Waals surface area contributed by atoms with Crippen LogP contribution in [0, 0.1) is 12.7 Å². The Morgan fingerprint density at radius 2 is 2.06 bits per heavy atom. The molecule has 2 bridgehead atoms. The van der Waals surface area contributed by atoms with Crippen LogP contribution in [-0.4, -0.2) is 51.3 Å². The SMILES string of the molecule is COc1c2c(nn1C)CN(C)C(=O)c1ccc(F)cc1[C@H]1CCCN1c1nc-2cnc1C. The van der Waals surface area contributed by atoms with Gasteiger partial charge < -0.3 is 14.5 Å². The maximum Gasteiger partial charge on any atom is 0.254 e. The Bertz CT molecular complexity index is 1220. The van der Waals surface area contributed by atoms with Crippen molar-refractivity contribution in [2.24, 2.45) is 7.05 Å². The van der Waals surface area contributed by atoms with Crippen LogP contribution in [0.2, 0.25) is 0 Å². The van der Waals surface area contributed by atoms with Gasteiger partial charge in [0.1, 0.15) is 5.82 Å². The number of aromatic nitrogens is 4.